The number of allylic oxidation sites excluding steroid dienone is 2. The zero-order valence-corrected chi connectivity index (χ0v) is 21.3. The monoisotopic (exact) mass is 496 g/mol. The van der Waals surface area contributed by atoms with Gasteiger partial charge >= 0.3 is 0 Å². The number of aromatic amines is 2. The number of aryl methyl sites for hydroxylation is 1. The Morgan fingerprint density at radius 2 is 1.92 bits per heavy atom. The molecule has 4 aromatic heterocycles. The van der Waals surface area contributed by atoms with E-state index in [4.69, 9.17) is 15.7 Å². The maximum absolute atomic E-state index is 5.94. The fraction of sp³-hybridized carbons (Fsp3) is 0.333. The van der Waals surface area contributed by atoms with Gasteiger partial charge in [-0.15, -0.1) is 0 Å². The molecule has 0 amide bonds. The van der Waals surface area contributed by atoms with E-state index in [1.54, 1.807) is 12.4 Å². The number of H-pyrrole nitrogens is 2. The van der Waals surface area contributed by atoms with Crippen molar-refractivity contribution in [2.75, 3.05) is 51.2 Å². The average Bonchev–Trinajstić information content (AvgIpc) is 3.49. The predicted octanol–water partition coefficient (Wildman–Crippen LogP) is 2.64. The molecular weight excluding hydrogens is 464 g/mol. The van der Waals surface area contributed by atoms with E-state index in [0.29, 0.717) is 0 Å². The van der Waals surface area contributed by atoms with Crippen molar-refractivity contribution in [2.45, 2.75) is 13.0 Å². The molecule has 190 valence electrons. The summed E-state index contributed by atoms with van der Waals surface area (Å²) in [5, 5.41) is 7.75. The average molecular weight is 497 g/mol. The molecule has 0 unspecified atom stereocenters. The van der Waals surface area contributed by atoms with Crippen LogP contribution in [0.5, 0.6) is 0 Å². The van der Waals surface area contributed by atoms with Gasteiger partial charge in [-0.3, -0.25) is 10.1 Å². The molecule has 0 spiro atoms. The first kappa shape index (κ1) is 23.4. The van der Waals surface area contributed by atoms with Crippen molar-refractivity contribution in [3.63, 3.8) is 0 Å². The molecule has 0 bridgehead atoms. The molecule has 6 rings (SSSR count). The van der Waals surface area contributed by atoms with Crippen molar-refractivity contribution in [1.29, 1.82) is 0 Å². The smallest absolute Gasteiger partial charge is 0.147 e. The minimum atomic E-state index is 0.195. The maximum Gasteiger partial charge on any atom is 0.147 e. The first-order valence-electron chi connectivity index (χ1n) is 12.6. The van der Waals surface area contributed by atoms with Crippen molar-refractivity contribution in [3.05, 3.63) is 60.6 Å². The summed E-state index contributed by atoms with van der Waals surface area (Å²) >= 11 is 0. The van der Waals surface area contributed by atoms with E-state index in [1.165, 1.54) is 5.70 Å². The first-order chi connectivity index (χ1) is 18.0. The molecule has 2 aliphatic rings. The molecule has 0 atom stereocenters. The number of pyridine rings is 1. The fourth-order valence-corrected chi connectivity index (χ4v) is 5.04. The number of nitrogens with two attached hydrogens (primary N) is 1. The molecule has 6 heterocycles. The van der Waals surface area contributed by atoms with Gasteiger partial charge in [0, 0.05) is 62.3 Å². The molecule has 2 fully saturated rings. The number of fused-ring (bicyclic) bond motifs is 1. The van der Waals surface area contributed by atoms with E-state index in [-0.39, 0.29) is 6.04 Å². The Labute approximate surface area is 215 Å². The van der Waals surface area contributed by atoms with Crippen LogP contribution in [0.25, 0.3) is 39.5 Å². The van der Waals surface area contributed by atoms with Gasteiger partial charge in [0.15, 0.2) is 0 Å². The van der Waals surface area contributed by atoms with Gasteiger partial charge < -0.3 is 25.4 Å². The van der Waals surface area contributed by atoms with Gasteiger partial charge in [0.05, 0.1) is 29.3 Å². The van der Waals surface area contributed by atoms with Crippen LogP contribution in [0.2, 0.25) is 0 Å². The second kappa shape index (κ2) is 9.45. The lowest BCUT2D eigenvalue weighted by molar-refractivity contribution is 0.207. The highest BCUT2D eigenvalue weighted by Gasteiger charge is 2.25. The van der Waals surface area contributed by atoms with Gasteiger partial charge in [-0.2, -0.15) is 5.10 Å². The Morgan fingerprint density at radius 1 is 1.11 bits per heavy atom. The Kier molecular flexibility index (Phi) is 5.97. The molecule has 0 saturated carbocycles. The molecule has 4 N–H and O–H groups in total. The number of rotatable bonds is 6. The van der Waals surface area contributed by atoms with Crippen LogP contribution in [0.4, 0.5) is 5.82 Å². The number of anilines is 1. The summed E-state index contributed by atoms with van der Waals surface area (Å²) in [7, 11) is 2.17. The molecule has 10 nitrogen and oxygen atoms in total. The van der Waals surface area contributed by atoms with Crippen LogP contribution in [0.3, 0.4) is 0 Å². The van der Waals surface area contributed by atoms with Gasteiger partial charge in [-0.1, -0.05) is 12.7 Å². The molecule has 0 radical (unpaired) electrons. The standard InChI is InChI=1S/C27H32N10/c1-4-5-24(36-10-8-35(3)9-11-36)19-12-22(30-17(19)2)27-26-21(33-34-27)7-6-20(32-26)23-13-29-14-25(31-23)37-15-18(28)16-37/h4-7,12-14,18,30H,1,8-11,15-16,28H2,2-3H3,(H,33,34)/b24-5+. The van der Waals surface area contributed by atoms with E-state index in [9.17, 15) is 0 Å². The predicted molar refractivity (Wildman–Crippen MR) is 147 cm³/mol. The molecule has 2 aliphatic heterocycles. The zero-order chi connectivity index (χ0) is 25.5. The third-order valence-corrected chi connectivity index (χ3v) is 7.19. The Balaban J connectivity index is 1.34. The van der Waals surface area contributed by atoms with E-state index < -0.39 is 0 Å². The fourth-order valence-electron chi connectivity index (χ4n) is 5.04. The minimum Gasteiger partial charge on any atom is -0.368 e. The van der Waals surface area contributed by atoms with Crippen LogP contribution in [0, 0.1) is 6.92 Å². The number of nitrogens with zero attached hydrogens (tertiary/aromatic N) is 7. The maximum atomic E-state index is 5.94. The second-order valence-corrected chi connectivity index (χ2v) is 9.89. The van der Waals surface area contributed by atoms with Gasteiger partial charge in [0.1, 0.15) is 22.7 Å². The second-order valence-electron chi connectivity index (χ2n) is 9.89. The summed E-state index contributed by atoms with van der Waals surface area (Å²) < 4.78 is 0. The lowest BCUT2D eigenvalue weighted by Crippen LogP contribution is -2.56. The van der Waals surface area contributed by atoms with Crippen LogP contribution >= 0.6 is 0 Å². The number of hydrogen-bond acceptors (Lipinski definition) is 8. The Hall–Kier alpha value is -4.02. The summed E-state index contributed by atoms with van der Waals surface area (Å²) in [6.07, 6.45) is 7.48. The summed E-state index contributed by atoms with van der Waals surface area (Å²) in [4.78, 5) is 24.6. The summed E-state index contributed by atoms with van der Waals surface area (Å²) in [6, 6.07) is 6.30. The number of likely N-dealkylation sites (N-methyl/N-ethyl adjacent to an activating group) is 1. The zero-order valence-electron chi connectivity index (χ0n) is 21.3. The van der Waals surface area contributed by atoms with Gasteiger partial charge in [-0.05, 0) is 38.2 Å². The first-order valence-corrected chi connectivity index (χ1v) is 12.6. The van der Waals surface area contributed by atoms with Crippen molar-refractivity contribution in [3.8, 4) is 22.8 Å². The normalized spacial score (nSPS) is 17.4. The molecular formula is C27H32N10. The third kappa shape index (κ3) is 4.38. The van der Waals surface area contributed by atoms with Crippen molar-refractivity contribution >= 4 is 22.5 Å². The highest BCUT2D eigenvalue weighted by molar-refractivity contribution is 5.91. The van der Waals surface area contributed by atoms with Gasteiger partial charge in [0.25, 0.3) is 0 Å². The topological polar surface area (TPSA) is 119 Å². The van der Waals surface area contributed by atoms with Crippen molar-refractivity contribution in [1.82, 2.24) is 39.9 Å². The Morgan fingerprint density at radius 3 is 2.68 bits per heavy atom. The molecule has 4 aromatic rings. The van der Waals surface area contributed by atoms with Crippen LogP contribution in [0.15, 0.2) is 49.3 Å². The number of nitrogens with one attached hydrogen (secondary N) is 2. The lowest BCUT2D eigenvalue weighted by Gasteiger charge is -2.37. The van der Waals surface area contributed by atoms with Crippen LogP contribution in [-0.4, -0.2) is 92.3 Å². The summed E-state index contributed by atoms with van der Waals surface area (Å²) in [5.74, 6) is 0.823. The Bertz CT molecular complexity index is 1470. The largest absolute Gasteiger partial charge is 0.368 e. The molecule has 0 aromatic carbocycles. The van der Waals surface area contributed by atoms with E-state index >= 15 is 0 Å². The number of aromatic nitrogens is 6. The molecule has 2 saturated heterocycles. The van der Waals surface area contributed by atoms with Gasteiger partial charge in [0.2, 0.25) is 0 Å². The number of piperazine rings is 1. The highest BCUT2D eigenvalue weighted by Crippen LogP contribution is 2.32. The SMILES string of the molecule is C=C/C=C(\c1cc(-c2n[nH]c3ccc(-c4cncc(N5CC(N)C5)n4)nc23)[nH]c1C)N1CCN(C)CC1. The molecule has 10 heteroatoms. The summed E-state index contributed by atoms with van der Waals surface area (Å²) in [6.45, 7) is 11.7. The van der Waals surface area contributed by atoms with E-state index in [2.05, 4.69) is 67.6 Å². The van der Waals surface area contributed by atoms with Crippen LogP contribution < -0.4 is 10.6 Å². The van der Waals surface area contributed by atoms with Gasteiger partial charge in [-0.25, -0.2) is 9.97 Å². The summed E-state index contributed by atoms with van der Waals surface area (Å²) in [5.41, 5.74) is 14.2. The van der Waals surface area contributed by atoms with Crippen LogP contribution in [-0.2, 0) is 0 Å². The van der Waals surface area contributed by atoms with Crippen molar-refractivity contribution in [2.24, 2.45) is 5.73 Å². The highest BCUT2D eigenvalue weighted by atomic mass is 15.3. The van der Waals surface area contributed by atoms with Crippen molar-refractivity contribution < 1.29 is 0 Å². The van der Waals surface area contributed by atoms with Crippen LogP contribution in [0.1, 0.15) is 11.3 Å². The third-order valence-electron chi connectivity index (χ3n) is 7.19. The number of hydrogen-bond donors (Lipinski definition) is 3. The quantitative estimate of drug-likeness (QED) is 0.349. The van der Waals surface area contributed by atoms with E-state index in [0.717, 1.165) is 90.2 Å². The van der Waals surface area contributed by atoms with E-state index in [1.807, 2.05) is 18.2 Å². The molecule has 37 heavy (non-hydrogen) atoms. The minimum absolute atomic E-state index is 0.195. The molecule has 0 aliphatic carbocycles. The lowest BCUT2D eigenvalue weighted by atomic mass is 10.1.